The lowest BCUT2D eigenvalue weighted by Crippen LogP contribution is -2.27. The monoisotopic (exact) mass is 329 g/mol. The SMILES string of the molecule is C[C@H](NC(=O)c1cnccn1)c1nc(-c2ccc(Cl)cc2)no1. The van der Waals surface area contributed by atoms with Crippen molar-refractivity contribution < 1.29 is 9.32 Å². The zero-order chi connectivity index (χ0) is 16.2. The van der Waals surface area contributed by atoms with Gasteiger partial charge >= 0.3 is 0 Å². The van der Waals surface area contributed by atoms with Crippen LogP contribution in [0.15, 0.2) is 47.4 Å². The van der Waals surface area contributed by atoms with E-state index in [9.17, 15) is 4.79 Å². The van der Waals surface area contributed by atoms with E-state index in [-0.39, 0.29) is 11.6 Å². The molecular weight excluding hydrogens is 318 g/mol. The van der Waals surface area contributed by atoms with E-state index in [0.717, 1.165) is 5.56 Å². The topological polar surface area (TPSA) is 93.8 Å². The van der Waals surface area contributed by atoms with E-state index < -0.39 is 6.04 Å². The van der Waals surface area contributed by atoms with Gasteiger partial charge in [0, 0.05) is 23.0 Å². The molecule has 7 nitrogen and oxygen atoms in total. The van der Waals surface area contributed by atoms with Gasteiger partial charge in [0.2, 0.25) is 11.7 Å². The van der Waals surface area contributed by atoms with Gasteiger partial charge in [0.15, 0.2) is 0 Å². The number of carbonyl (C=O) groups is 1. The van der Waals surface area contributed by atoms with Gasteiger partial charge in [0.05, 0.1) is 6.20 Å². The maximum Gasteiger partial charge on any atom is 0.272 e. The Kier molecular flexibility index (Phi) is 4.29. The molecule has 1 N–H and O–H groups in total. The van der Waals surface area contributed by atoms with Gasteiger partial charge in [-0.1, -0.05) is 16.8 Å². The molecule has 0 aliphatic carbocycles. The highest BCUT2D eigenvalue weighted by atomic mass is 35.5. The van der Waals surface area contributed by atoms with Crippen molar-refractivity contribution >= 4 is 17.5 Å². The van der Waals surface area contributed by atoms with Crippen LogP contribution < -0.4 is 5.32 Å². The smallest absolute Gasteiger partial charge is 0.272 e. The largest absolute Gasteiger partial charge is 0.339 e. The zero-order valence-corrected chi connectivity index (χ0v) is 12.9. The van der Waals surface area contributed by atoms with Crippen molar-refractivity contribution in [1.82, 2.24) is 25.4 Å². The molecule has 3 aromatic rings. The van der Waals surface area contributed by atoms with E-state index in [0.29, 0.717) is 16.7 Å². The van der Waals surface area contributed by atoms with Crippen molar-refractivity contribution in [3.05, 3.63) is 59.5 Å². The Morgan fingerprint density at radius 2 is 2.04 bits per heavy atom. The van der Waals surface area contributed by atoms with Gasteiger partial charge in [0.25, 0.3) is 5.91 Å². The molecule has 8 heteroatoms. The van der Waals surface area contributed by atoms with Crippen LogP contribution in [0, 0.1) is 0 Å². The van der Waals surface area contributed by atoms with E-state index in [1.54, 1.807) is 31.2 Å². The molecule has 0 bridgehead atoms. The fourth-order valence-corrected chi connectivity index (χ4v) is 2.00. The Morgan fingerprint density at radius 1 is 1.26 bits per heavy atom. The third kappa shape index (κ3) is 3.51. The quantitative estimate of drug-likeness (QED) is 0.790. The van der Waals surface area contributed by atoms with Crippen LogP contribution in [0.1, 0.15) is 29.3 Å². The van der Waals surface area contributed by atoms with E-state index in [1.165, 1.54) is 18.6 Å². The van der Waals surface area contributed by atoms with Gasteiger partial charge in [-0.05, 0) is 31.2 Å². The van der Waals surface area contributed by atoms with Gasteiger partial charge in [0.1, 0.15) is 11.7 Å². The summed E-state index contributed by atoms with van der Waals surface area (Å²) < 4.78 is 5.20. The van der Waals surface area contributed by atoms with Crippen molar-refractivity contribution in [2.75, 3.05) is 0 Å². The van der Waals surface area contributed by atoms with Crippen molar-refractivity contribution in [2.45, 2.75) is 13.0 Å². The molecule has 3 rings (SSSR count). The number of carbonyl (C=O) groups excluding carboxylic acids is 1. The van der Waals surface area contributed by atoms with Crippen LogP contribution in [0.25, 0.3) is 11.4 Å². The highest BCUT2D eigenvalue weighted by molar-refractivity contribution is 6.30. The second-order valence-electron chi connectivity index (χ2n) is 4.75. The summed E-state index contributed by atoms with van der Waals surface area (Å²) in [4.78, 5) is 24.1. The van der Waals surface area contributed by atoms with Crippen LogP contribution >= 0.6 is 11.6 Å². The lowest BCUT2D eigenvalue weighted by Gasteiger charge is -2.08. The molecule has 0 unspecified atom stereocenters. The maximum absolute atomic E-state index is 12.0. The number of benzene rings is 1. The second-order valence-corrected chi connectivity index (χ2v) is 5.19. The number of halogens is 1. The third-order valence-corrected chi connectivity index (χ3v) is 3.31. The van der Waals surface area contributed by atoms with Crippen molar-refractivity contribution in [1.29, 1.82) is 0 Å². The van der Waals surface area contributed by atoms with Gasteiger partial charge < -0.3 is 9.84 Å². The lowest BCUT2D eigenvalue weighted by atomic mass is 10.2. The summed E-state index contributed by atoms with van der Waals surface area (Å²) in [5.74, 6) is 0.362. The third-order valence-electron chi connectivity index (χ3n) is 3.06. The molecule has 1 atom stereocenters. The van der Waals surface area contributed by atoms with Gasteiger partial charge in [-0.15, -0.1) is 0 Å². The first-order chi connectivity index (χ1) is 11.1. The number of hydrogen-bond acceptors (Lipinski definition) is 6. The highest BCUT2D eigenvalue weighted by Crippen LogP contribution is 2.20. The molecule has 2 heterocycles. The van der Waals surface area contributed by atoms with E-state index >= 15 is 0 Å². The number of rotatable bonds is 4. The van der Waals surface area contributed by atoms with Crippen LogP contribution in [0.2, 0.25) is 5.02 Å². The first-order valence-electron chi connectivity index (χ1n) is 6.80. The fraction of sp³-hybridized carbons (Fsp3) is 0.133. The number of nitrogens with zero attached hydrogens (tertiary/aromatic N) is 4. The first kappa shape index (κ1) is 15.1. The molecule has 0 aliphatic rings. The minimum Gasteiger partial charge on any atom is -0.339 e. The molecule has 0 saturated heterocycles. The Hall–Kier alpha value is -2.80. The van der Waals surface area contributed by atoms with E-state index in [4.69, 9.17) is 16.1 Å². The Bertz CT molecular complexity index is 804. The van der Waals surface area contributed by atoms with Gasteiger partial charge in [-0.3, -0.25) is 9.78 Å². The lowest BCUT2D eigenvalue weighted by molar-refractivity contribution is 0.0927. The van der Waals surface area contributed by atoms with E-state index in [1.807, 2.05) is 0 Å². The summed E-state index contributed by atoms with van der Waals surface area (Å²) in [5.41, 5.74) is 0.994. The van der Waals surface area contributed by atoms with Crippen molar-refractivity contribution in [2.24, 2.45) is 0 Å². The Labute approximate surface area is 136 Å². The summed E-state index contributed by atoms with van der Waals surface area (Å²) >= 11 is 5.85. The van der Waals surface area contributed by atoms with Crippen LogP contribution in [0.3, 0.4) is 0 Å². The number of nitrogens with one attached hydrogen (secondary N) is 1. The molecule has 116 valence electrons. The zero-order valence-electron chi connectivity index (χ0n) is 12.1. The predicted molar refractivity (Wildman–Crippen MR) is 82.7 cm³/mol. The number of aromatic nitrogens is 4. The summed E-state index contributed by atoms with van der Waals surface area (Å²) in [5, 5.41) is 7.26. The fourth-order valence-electron chi connectivity index (χ4n) is 1.88. The molecule has 0 saturated carbocycles. The standard InChI is InChI=1S/C15H12ClN5O2/c1-9(19-14(22)12-8-17-6-7-18-12)15-20-13(21-23-15)10-2-4-11(16)5-3-10/h2-9H,1H3,(H,19,22)/t9-/m0/s1. The average Bonchev–Trinajstić information content (AvgIpc) is 3.06. The number of hydrogen-bond donors (Lipinski definition) is 1. The molecule has 0 aliphatic heterocycles. The Balaban J connectivity index is 1.72. The van der Waals surface area contributed by atoms with Crippen molar-refractivity contribution in [3.8, 4) is 11.4 Å². The summed E-state index contributed by atoms with van der Waals surface area (Å²) in [6, 6.07) is 6.61. The summed E-state index contributed by atoms with van der Waals surface area (Å²) in [6.45, 7) is 1.74. The summed E-state index contributed by atoms with van der Waals surface area (Å²) in [6.07, 6.45) is 4.33. The van der Waals surface area contributed by atoms with Gasteiger partial charge in [-0.2, -0.15) is 4.98 Å². The van der Waals surface area contributed by atoms with Crippen LogP contribution in [-0.2, 0) is 0 Å². The maximum atomic E-state index is 12.0. The Morgan fingerprint density at radius 3 is 2.74 bits per heavy atom. The molecule has 1 aromatic carbocycles. The minimum atomic E-state index is -0.460. The molecule has 0 fully saturated rings. The van der Waals surface area contributed by atoms with E-state index in [2.05, 4.69) is 25.4 Å². The second kappa shape index (κ2) is 6.53. The van der Waals surface area contributed by atoms with Crippen molar-refractivity contribution in [3.63, 3.8) is 0 Å². The van der Waals surface area contributed by atoms with Crippen LogP contribution in [-0.4, -0.2) is 26.0 Å². The highest BCUT2D eigenvalue weighted by Gasteiger charge is 2.18. The average molecular weight is 330 g/mol. The van der Waals surface area contributed by atoms with Crippen LogP contribution in [0.5, 0.6) is 0 Å². The predicted octanol–water partition coefficient (Wildman–Crippen LogP) is 2.67. The molecule has 0 radical (unpaired) electrons. The summed E-state index contributed by atoms with van der Waals surface area (Å²) in [7, 11) is 0. The molecule has 2 aromatic heterocycles. The normalized spacial score (nSPS) is 11.9. The molecule has 1 amide bonds. The molecule has 0 spiro atoms. The minimum absolute atomic E-state index is 0.219. The number of amides is 1. The van der Waals surface area contributed by atoms with Crippen LogP contribution in [0.4, 0.5) is 0 Å². The van der Waals surface area contributed by atoms with Gasteiger partial charge in [-0.25, -0.2) is 4.98 Å². The molecular formula is C15H12ClN5O2. The molecule has 23 heavy (non-hydrogen) atoms. The first-order valence-corrected chi connectivity index (χ1v) is 7.17.